The molecular weight excluding hydrogens is 290 g/mol. The summed E-state index contributed by atoms with van der Waals surface area (Å²) in [5, 5.41) is 6.98. The third kappa shape index (κ3) is 3.42. The molecule has 3 rings (SSSR count). The maximum absolute atomic E-state index is 12.0. The van der Waals surface area contributed by atoms with E-state index in [2.05, 4.69) is 20.4 Å². The number of amides is 1. The van der Waals surface area contributed by atoms with E-state index in [0.29, 0.717) is 11.5 Å². The number of hydrogen-bond donors (Lipinski definition) is 1. The molecule has 0 saturated heterocycles. The number of nitrogens with zero attached hydrogens (tertiary/aromatic N) is 4. The van der Waals surface area contributed by atoms with Gasteiger partial charge in [0.05, 0.1) is 29.1 Å². The lowest BCUT2D eigenvalue weighted by molar-refractivity contribution is -0.111. The Morgan fingerprint density at radius 2 is 2.00 bits per heavy atom. The van der Waals surface area contributed by atoms with Crippen molar-refractivity contribution in [3.63, 3.8) is 0 Å². The van der Waals surface area contributed by atoms with E-state index in [-0.39, 0.29) is 11.9 Å². The average Bonchev–Trinajstić information content (AvgIpc) is 3.01. The lowest BCUT2D eigenvalue weighted by Crippen LogP contribution is -2.14. The van der Waals surface area contributed by atoms with Gasteiger partial charge in [-0.25, -0.2) is 9.67 Å². The van der Waals surface area contributed by atoms with Crippen LogP contribution in [0.5, 0.6) is 0 Å². The monoisotopic (exact) mass is 307 g/mol. The number of fused-ring (bicyclic) bond motifs is 1. The average molecular weight is 307 g/mol. The minimum atomic E-state index is -0.234. The normalized spacial score (nSPS) is 11.4. The molecule has 0 unspecified atom stereocenters. The van der Waals surface area contributed by atoms with Crippen molar-refractivity contribution in [3.8, 4) is 0 Å². The molecule has 2 aromatic heterocycles. The molecule has 0 spiro atoms. The summed E-state index contributed by atoms with van der Waals surface area (Å²) in [6, 6.07) is 9.55. The van der Waals surface area contributed by atoms with Crippen molar-refractivity contribution in [2.24, 2.45) is 0 Å². The maximum atomic E-state index is 12.0. The molecule has 0 aliphatic heterocycles. The van der Waals surface area contributed by atoms with Crippen LogP contribution in [0, 0.1) is 0 Å². The Morgan fingerprint density at radius 1 is 1.22 bits per heavy atom. The first-order chi connectivity index (χ1) is 11.1. The molecule has 116 valence electrons. The summed E-state index contributed by atoms with van der Waals surface area (Å²) in [7, 11) is 0. The Morgan fingerprint density at radius 3 is 2.78 bits per heavy atom. The summed E-state index contributed by atoms with van der Waals surface area (Å²) in [5.41, 5.74) is 2.26. The molecule has 6 heteroatoms. The van der Waals surface area contributed by atoms with Crippen molar-refractivity contribution in [1.29, 1.82) is 0 Å². The summed E-state index contributed by atoms with van der Waals surface area (Å²) >= 11 is 0. The number of hydrogen-bond acceptors (Lipinski definition) is 4. The van der Waals surface area contributed by atoms with Crippen LogP contribution in [-0.4, -0.2) is 25.7 Å². The zero-order chi connectivity index (χ0) is 16.2. The Balaban J connectivity index is 1.73. The molecule has 0 bridgehead atoms. The highest BCUT2D eigenvalue weighted by Crippen LogP contribution is 2.13. The van der Waals surface area contributed by atoms with Crippen LogP contribution in [-0.2, 0) is 4.79 Å². The summed E-state index contributed by atoms with van der Waals surface area (Å²) in [5.74, 6) is 0.432. The van der Waals surface area contributed by atoms with Crippen LogP contribution in [0.25, 0.3) is 17.1 Å². The number of carbonyl (C=O) groups excluding carboxylic acids is 1. The van der Waals surface area contributed by atoms with Crippen molar-refractivity contribution in [2.75, 3.05) is 5.32 Å². The first kappa shape index (κ1) is 14.9. The van der Waals surface area contributed by atoms with Gasteiger partial charge >= 0.3 is 0 Å². The maximum Gasteiger partial charge on any atom is 0.249 e. The molecule has 0 aliphatic carbocycles. The van der Waals surface area contributed by atoms with E-state index in [1.54, 1.807) is 29.2 Å². The molecule has 3 aromatic rings. The number of carbonyl (C=O) groups is 1. The van der Waals surface area contributed by atoms with Crippen molar-refractivity contribution >= 4 is 28.8 Å². The van der Waals surface area contributed by atoms with Gasteiger partial charge in [0, 0.05) is 18.2 Å². The molecule has 6 nitrogen and oxygen atoms in total. The number of nitrogens with one attached hydrogen (secondary N) is 1. The molecular formula is C17H17N5O. The van der Waals surface area contributed by atoms with E-state index in [9.17, 15) is 4.79 Å². The number of para-hydroxylation sites is 2. The predicted octanol–water partition coefficient (Wildman–Crippen LogP) is 3.06. The Labute approximate surface area is 133 Å². The molecule has 1 aromatic carbocycles. The molecule has 0 aliphatic rings. The van der Waals surface area contributed by atoms with Crippen LogP contribution in [0.3, 0.4) is 0 Å². The molecule has 0 saturated carbocycles. The standard InChI is InChI=1S/C17H17N5O/c1-12(2)22-16(9-10-19-22)21-17(23)8-7-13-11-18-14-5-3-4-6-15(14)20-13/h3-12H,1-2H3,(H,21,23). The van der Waals surface area contributed by atoms with Gasteiger partial charge in [-0.3, -0.25) is 9.78 Å². The number of anilines is 1. The minimum Gasteiger partial charge on any atom is -0.307 e. The minimum absolute atomic E-state index is 0.177. The second-order valence-corrected chi connectivity index (χ2v) is 5.36. The van der Waals surface area contributed by atoms with E-state index in [0.717, 1.165) is 11.0 Å². The van der Waals surface area contributed by atoms with Gasteiger partial charge in [-0.15, -0.1) is 0 Å². The molecule has 2 heterocycles. The summed E-state index contributed by atoms with van der Waals surface area (Å²) < 4.78 is 1.75. The number of rotatable bonds is 4. The van der Waals surface area contributed by atoms with E-state index in [1.165, 1.54) is 6.08 Å². The van der Waals surface area contributed by atoms with Crippen LogP contribution in [0.1, 0.15) is 25.6 Å². The first-order valence-corrected chi connectivity index (χ1v) is 7.38. The quantitative estimate of drug-likeness (QED) is 0.752. The Kier molecular flexibility index (Phi) is 4.14. The lowest BCUT2D eigenvalue weighted by Gasteiger charge is -2.10. The van der Waals surface area contributed by atoms with Gasteiger partial charge < -0.3 is 5.32 Å². The Bertz CT molecular complexity index is 866. The van der Waals surface area contributed by atoms with E-state index >= 15 is 0 Å². The largest absolute Gasteiger partial charge is 0.307 e. The van der Waals surface area contributed by atoms with Crippen LogP contribution in [0.4, 0.5) is 5.82 Å². The van der Waals surface area contributed by atoms with E-state index in [1.807, 2.05) is 38.1 Å². The number of aromatic nitrogens is 4. The van der Waals surface area contributed by atoms with Gasteiger partial charge in [0.15, 0.2) is 0 Å². The topological polar surface area (TPSA) is 72.7 Å². The van der Waals surface area contributed by atoms with Gasteiger partial charge in [0.1, 0.15) is 5.82 Å². The van der Waals surface area contributed by atoms with Crippen LogP contribution in [0.15, 0.2) is 48.8 Å². The summed E-state index contributed by atoms with van der Waals surface area (Å²) in [6.45, 7) is 4.01. The SMILES string of the molecule is CC(C)n1nccc1NC(=O)C=Cc1cnc2ccccc2n1. The highest BCUT2D eigenvalue weighted by Gasteiger charge is 2.07. The van der Waals surface area contributed by atoms with Crippen molar-refractivity contribution in [3.05, 3.63) is 54.5 Å². The van der Waals surface area contributed by atoms with Crippen LogP contribution >= 0.6 is 0 Å². The molecule has 0 radical (unpaired) electrons. The summed E-state index contributed by atoms with van der Waals surface area (Å²) in [6.07, 6.45) is 6.39. The van der Waals surface area contributed by atoms with Gasteiger partial charge in [0.2, 0.25) is 5.91 Å². The molecule has 1 amide bonds. The molecule has 0 fully saturated rings. The lowest BCUT2D eigenvalue weighted by atomic mass is 10.3. The molecule has 0 atom stereocenters. The fraction of sp³-hybridized carbons (Fsp3) is 0.176. The first-order valence-electron chi connectivity index (χ1n) is 7.38. The second-order valence-electron chi connectivity index (χ2n) is 5.36. The fourth-order valence-electron chi connectivity index (χ4n) is 2.21. The van der Waals surface area contributed by atoms with E-state index in [4.69, 9.17) is 0 Å². The molecule has 1 N–H and O–H groups in total. The smallest absolute Gasteiger partial charge is 0.249 e. The third-order valence-corrected chi connectivity index (χ3v) is 3.28. The predicted molar refractivity (Wildman–Crippen MR) is 89.8 cm³/mol. The zero-order valence-corrected chi connectivity index (χ0v) is 13.0. The summed E-state index contributed by atoms with van der Waals surface area (Å²) in [4.78, 5) is 20.8. The third-order valence-electron chi connectivity index (χ3n) is 3.28. The van der Waals surface area contributed by atoms with Gasteiger partial charge in [-0.2, -0.15) is 5.10 Å². The number of benzene rings is 1. The fourth-order valence-corrected chi connectivity index (χ4v) is 2.21. The van der Waals surface area contributed by atoms with E-state index < -0.39 is 0 Å². The van der Waals surface area contributed by atoms with Gasteiger partial charge in [-0.1, -0.05) is 12.1 Å². The molecule has 23 heavy (non-hydrogen) atoms. The van der Waals surface area contributed by atoms with Crippen LogP contribution in [0.2, 0.25) is 0 Å². The van der Waals surface area contributed by atoms with Crippen molar-refractivity contribution < 1.29 is 4.79 Å². The van der Waals surface area contributed by atoms with Crippen LogP contribution < -0.4 is 5.32 Å². The Hall–Kier alpha value is -3.02. The highest BCUT2D eigenvalue weighted by atomic mass is 16.1. The van der Waals surface area contributed by atoms with Crippen molar-refractivity contribution in [2.45, 2.75) is 19.9 Å². The second kappa shape index (κ2) is 6.39. The van der Waals surface area contributed by atoms with Crippen molar-refractivity contribution in [1.82, 2.24) is 19.7 Å². The highest BCUT2D eigenvalue weighted by molar-refractivity contribution is 6.01. The zero-order valence-electron chi connectivity index (χ0n) is 13.0. The van der Waals surface area contributed by atoms with Gasteiger partial charge in [-0.05, 0) is 32.1 Å². The van der Waals surface area contributed by atoms with Gasteiger partial charge in [0.25, 0.3) is 0 Å².